The molecule has 0 bridgehead atoms. The Kier molecular flexibility index (Phi) is 5.76. The first-order chi connectivity index (χ1) is 16.9. The van der Waals surface area contributed by atoms with Crippen molar-refractivity contribution in [3.05, 3.63) is 81.0 Å². The minimum atomic E-state index is -0.567. The Hall–Kier alpha value is -4.14. The second-order valence-corrected chi connectivity index (χ2v) is 8.86. The fraction of sp³-hybridized carbons (Fsp3) is 0.308. The van der Waals surface area contributed by atoms with Gasteiger partial charge >= 0.3 is 5.69 Å². The van der Waals surface area contributed by atoms with Crippen LogP contribution in [0.15, 0.2) is 64.2 Å². The van der Waals surface area contributed by atoms with Gasteiger partial charge in [0.1, 0.15) is 5.75 Å². The van der Waals surface area contributed by atoms with Crippen LogP contribution in [0.2, 0.25) is 0 Å². The van der Waals surface area contributed by atoms with Crippen molar-refractivity contribution in [2.75, 3.05) is 18.1 Å². The molecule has 0 aliphatic carbocycles. The highest BCUT2D eigenvalue weighted by Crippen LogP contribution is 2.33. The minimum absolute atomic E-state index is 0.225. The standard InChI is InChI=1S/C26H27N5O4/c1-4-35-20-12-10-19(11-13-20)29-14-17(2)15-30-22-23(27-25(29)30)28(3)26(34)31(24(22)33)16-21(32)18-8-6-5-7-9-18/h5-13,17H,4,14-16H2,1-3H3. The summed E-state index contributed by atoms with van der Waals surface area (Å²) in [5.74, 6) is 1.30. The predicted octanol–water partition coefficient (Wildman–Crippen LogP) is 2.97. The molecule has 0 saturated heterocycles. The van der Waals surface area contributed by atoms with Crippen LogP contribution in [0.25, 0.3) is 11.2 Å². The van der Waals surface area contributed by atoms with Crippen molar-refractivity contribution in [2.45, 2.75) is 26.9 Å². The van der Waals surface area contributed by atoms with E-state index in [0.29, 0.717) is 42.4 Å². The largest absolute Gasteiger partial charge is 0.494 e. The molecule has 9 nitrogen and oxygen atoms in total. The number of hydrogen-bond acceptors (Lipinski definition) is 6. The molecule has 2 aromatic heterocycles. The van der Waals surface area contributed by atoms with Crippen molar-refractivity contribution in [1.29, 1.82) is 0 Å². The first-order valence-electron chi connectivity index (χ1n) is 11.7. The van der Waals surface area contributed by atoms with Crippen molar-refractivity contribution < 1.29 is 9.53 Å². The number of aromatic nitrogens is 4. The lowest BCUT2D eigenvalue weighted by Gasteiger charge is -2.33. The first-order valence-corrected chi connectivity index (χ1v) is 11.7. The number of imidazole rings is 1. The van der Waals surface area contributed by atoms with Gasteiger partial charge in [0, 0.05) is 31.4 Å². The van der Waals surface area contributed by atoms with E-state index in [9.17, 15) is 14.4 Å². The van der Waals surface area contributed by atoms with E-state index in [1.54, 1.807) is 31.3 Å². The number of ether oxygens (including phenoxy) is 1. The molecular formula is C26H27N5O4. The molecule has 4 aromatic rings. The van der Waals surface area contributed by atoms with E-state index in [1.807, 2.05) is 46.7 Å². The fourth-order valence-electron chi connectivity index (χ4n) is 4.61. The molecule has 0 spiro atoms. The van der Waals surface area contributed by atoms with Gasteiger partial charge in [0.2, 0.25) is 5.95 Å². The molecule has 0 saturated carbocycles. The third-order valence-electron chi connectivity index (χ3n) is 6.30. The predicted molar refractivity (Wildman–Crippen MR) is 134 cm³/mol. The Morgan fingerprint density at radius 1 is 1.06 bits per heavy atom. The molecule has 0 amide bonds. The Balaban J connectivity index is 1.63. The number of carbonyl (C=O) groups excluding carboxylic acids is 1. The molecule has 3 heterocycles. The van der Waals surface area contributed by atoms with Gasteiger partial charge in [-0.1, -0.05) is 37.3 Å². The first kappa shape index (κ1) is 22.6. The van der Waals surface area contributed by atoms with Crippen LogP contribution in [0.5, 0.6) is 5.75 Å². The number of carbonyl (C=O) groups is 1. The number of benzene rings is 2. The highest BCUT2D eigenvalue weighted by Gasteiger charge is 2.30. The second-order valence-electron chi connectivity index (χ2n) is 8.86. The number of ketones is 1. The lowest BCUT2D eigenvalue weighted by atomic mass is 10.1. The van der Waals surface area contributed by atoms with E-state index >= 15 is 0 Å². The van der Waals surface area contributed by atoms with Gasteiger partial charge in [-0.3, -0.25) is 18.7 Å². The van der Waals surface area contributed by atoms with Crippen molar-refractivity contribution in [3.63, 3.8) is 0 Å². The molecule has 1 aliphatic heterocycles. The number of Topliss-reactive ketones (excluding diaryl/α,β-unsaturated/α-hetero) is 1. The van der Waals surface area contributed by atoms with E-state index in [2.05, 4.69) is 6.92 Å². The summed E-state index contributed by atoms with van der Waals surface area (Å²) in [4.78, 5) is 46.2. The third kappa shape index (κ3) is 3.92. The Morgan fingerprint density at radius 2 is 1.77 bits per heavy atom. The Labute approximate surface area is 201 Å². The fourth-order valence-corrected chi connectivity index (χ4v) is 4.61. The highest BCUT2D eigenvalue weighted by molar-refractivity contribution is 5.96. The van der Waals surface area contributed by atoms with Crippen LogP contribution in [0.4, 0.5) is 11.6 Å². The zero-order valence-corrected chi connectivity index (χ0v) is 20.0. The number of fused-ring (bicyclic) bond motifs is 3. The van der Waals surface area contributed by atoms with Crippen LogP contribution in [-0.2, 0) is 20.1 Å². The number of aryl methyl sites for hydroxylation is 1. The van der Waals surface area contributed by atoms with Crippen LogP contribution in [0.1, 0.15) is 24.2 Å². The smallest absolute Gasteiger partial charge is 0.332 e. The molecule has 5 rings (SSSR count). The van der Waals surface area contributed by atoms with Gasteiger partial charge in [0.05, 0.1) is 13.2 Å². The molecule has 2 aromatic carbocycles. The number of anilines is 2. The zero-order valence-electron chi connectivity index (χ0n) is 20.0. The number of rotatable bonds is 6. The number of hydrogen-bond donors (Lipinski definition) is 0. The number of nitrogens with zero attached hydrogens (tertiary/aromatic N) is 5. The minimum Gasteiger partial charge on any atom is -0.494 e. The summed E-state index contributed by atoms with van der Waals surface area (Å²) in [6.07, 6.45) is 0. The summed E-state index contributed by atoms with van der Waals surface area (Å²) in [7, 11) is 1.58. The van der Waals surface area contributed by atoms with E-state index in [4.69, 9.17) is 9.72 Å². The second kappa shape index (κ2) is 8.90. The lowest BCUT2D eigenvalue weighted by Crippen LogP contribution is -2.42. The van der Waals surface area contributed by atoms with Gasteiger partial charge in [-0.15, -0.1) is 0 Å². The molecule has 1 unspecified atom stereocenters. The van der Waals surface area contributed by atoms with Crippen LogP contribution >= 0.6 is 0 Å². The summed E-state index contributed by atoms with van der Waals surface area (Å²) in [5, 5.41) is 0. The van der Waals surface area contributed by atoms with Crippen LogP contribution in [0, 0.1) is 5.92 Å². The van der Waals surface area contributed by atoms with Crippen molar-refractivity contribution >= 4 is 28.6 Å². The summed E-state index contributed by atoms with van der Waals surface area (Å²) in [6, 6.07) is 16.4. The van der Waals surface area contributed by atoms with Crippen molar-refractivity contribution in [2.24, 2.45) is 13.0 Å². The summed E-state index contributed by atoms with van der Waals surface area (Å²) < 4.78 is 9.78. The van der Waals surface area contributed by atoms with Crippen molar-refractivity contribution in [3.8, 4) is 5.75 Å². The van der Waals surface area contributed by atoms with Crippen LogP contribution < -0.4 is 20.9 Å². The molecule has 1 aliphatic rings. The highest BCUT2D eigenvalue weighted by atomic mass is 16.5. The maximum Gasteiger partial charge on any atom is 0.332 e. The molecular weight excluding hydrogens is 446 g/mol. The van der Waals surface area contributed by atoms with E-state index in [0.717, 1.165) is 16.0 Å². The van der Waals surface area contributed by atoms with Gasteiger partial charge in [0.15, 0.2) is 16.9 Å². The van der Waals surface area contributed by atoms with Gasteiger partial charge in [-0.25, -0.2) is 4.79 Å². The van der Waals surface area contributed by atoms with Crippen LogP contribution in [0.3, 0.4) is 0 Å². The van der Waals surface area contributed by atoms with Gasteiger partial charge < -0.3 is 14.2 Å². The summed E-state index contributed by atoms with van der Waals surface area (Å²) >= 11 is 0. The third-order valence-corrected chi connectivity index (χ3v) is 6.30. The quantitative estimate of drug-likeness (QED) is 0.400. The van der Waals surface area contributed by atoms with E-state index in [1.165, 1.54) is 4.57 Å². The topological polar surface area (TPSA) is 91.4 Å². The summed E-state index contributed by atoms with van der Waals surface area (Å²) in [5.41, 5.74) is 0.928. The lowest BCUT2D eigenvalue weighted by molar-refractivity contribution is 0.0969. The normalized spacial score (nSPS) is 15.3. The Bertz CT molecular complexity index is 1520. The van der Waals surface area contributed by atoms with Crippen molar-refractivity contribution in [1.82, 2.24) is 18.7 Å². The molecule has 1 atom stereocenters. The van der Waals surface area contributed by atoms with Gasteiger partial charge in [-0.2, -0.15) is 4.98 Å². The zero-order chi connectivity index (χ0) is 24.7. The molecule has 9 heteroatoms. The molecule has 0 fully saturated rings. The van der Waals surface area contributed by atoms with Crippen LogP contribution in [-0.4, -0.2) is 37.6 Å². The SMILES string of the molecule is CCOc1ccc(N2CC(C)Cn3c2nc2c3c(=O)n(CC(=O)c3ccccc3)c(=O)n2C)cc1. The Morgan fingerprint density at radius 3 is 2.46 bits per heavy atom. The van der Waals surface area contributed by atoms with E-state index in [-0.39, 0.29) is 18.2 Å². The molecule has 180 valence electrons. The molecule has 0 radical (unpaired) electrons. The average molecular weight is 474 g/mol. The monoisotopic (exact) mass is 473 g/mol. The molecule has 0 N–H and O–H groups in total. The van der Waals surface area contributed by atoms with Gasteiger partial charge in [-0.05, 0) is 37.1 Å². The molecule has 35 heavy (non-hydrogen) atoms. The van der Waals surface area contributed by atoms with Gasteiger partial charge in [0.25, 0.3) is 5.56 Å². The van der Waals surface area contributed by atoms with E-state index < -0.39 is 11.2 Å². The maximum absolute atomic E-state index is 13.6. The average Bonchev–Trinajstić information content (AvgIpc) is 3.25. The summed E-state index contributed by atoms with van der Waals surface area (Å²) in [6.45, 7) is 5.60. The maximum atomic E-state index is 13.6.